The van der Waals surface area contributed by atoms with Gasteiger partial charge in [0.1, 0.15) is 0 Å². The minimum atomic E-state index is -5.65. The van der Waals surface area contributed by atoms with Crippen LogP contribution in [0.25, 0.3) is 0 Å². The molecule has 1 unspecified atom stereocenters. The number of aromatic nitrogens is 1. The van der Waals surface area contributed by atoms with Crippen molar-refractivity contribution in [2.75, 3.05) is 0 Å². The Balaban J connectivity index is 0.000000493. The lowest BCUT2D eigenvalue weighted by molar-refractivity contribution is -0.00704. The fourth-order valence-corrected chi connectivity index (χ4v) is 1.66. The maximum atomic E-state index is 12.7. The van der Waals surface area contributed by atoms with E-state index in [4.69, 9.17) is 4.55 Å². The Morgan fingerprint density at radius 1 is 1.20 bits per heavy atom. The SMILES string of the molecule is CCCCCC(F)C(F)(F)S(=O)(=O)O.c1ccncc1. The molecule has 0 aromatic carbocycles. The fraction of sp³-hybridized carbons (Fsp3) is 0.583. The number of rotatable bonds is 6. The molecule has 0 aliphatic carbocycles. The molecule has 0 amide bonds. The third kappa shape index (κ3) is 6.85. The number of nitrogens with zero attached hydrogens (tertiary/aromatic N) is 1. The van der Waals surface area contributed by atoms with Gasteiger partial charge in [-0.2, -0.15) is 17.2 Å². The van der Waals surface area contributed by atoms with Crippen LogP contribution in [0.5, 0.6) is 0 Å². The molecule has 1 aromatic heterocycles. The van der Waals surface area contributed by atoms with Gasteiger partial charge in [0.25, 0.3) is 0 Å². The van der Waals surface area contributed by atoms with E-state index in [-0.39, 0.29) is 6.42 Å². The number of pyridine rings is 1. The maximum absolute atomic E-state index is 12.7. The molecule has 0 radical (unpaired) electrons. The second kappa shape index (κ2) is 8.91. The van der Waals surface area contributed by atoms with Gasteiger partial charge in [-0.1, -0.05) is 32.3 Å². The van der Waals surface area contributed by atoms with Gasteiger partial charge >= 0.3 is 15.4 Å². The minimum absolute atomic E-state index is 0.169. The van der Waals surface area contributed by atoms with E-state index in [1.807, 2.05) is 18.2 Å². The second-order valence-corrected chi connectivity index (χ2v) is 5.52. The summed E-state index contributed by atoms with van der Waals surface area (Å²) >= 11 is 0. The summed E-state index contributed by atoms with van der Waals surface area (Å²) in [5.41, 5.74) is 0. The summed E-state index contributed by atoms with van der Waals surface area (Å²) in [4.78, 5) is 3.78. The van der Waals surface area contributed by atoms with Gasteiger partial charge in [-0.3, -0.25) is 9.54 Å². The number of unbranched alkanes of at least 4 members (excludes halogenated alkanes) is 2. The Kier molecular flexibility index (Phi) is 8.40. The van der Waals surface area contributed by atoms with Crippen molar-refractivity contribution in [3.8, 4) is 0 Å². The van der Waals surface area contributed by atoms with Crippen molar-refractivity contribution < 1.29 is 26.1 Å². The first-order valence-corrected chi connectivity index (χ1v) is 7.51. The van der Waals surface area contributed by atoms with Crippen LogP contribution >= 0.6 is 0 Å². The molecule has 0 aliphatic heterocycles. The third-order valence-electron chi connectivity index (χ3n) is 2.34. The van der Waals surface area contributed by atoms with Crippen LogP contribution in [0.15, 0.2) is 30.6 Å². The highest BCUT2D eigenvalue weighted by molar-refractivity contribution is 7.86. The normalized spacial score (nSPS) is 13.2. The van der Waals surface area contributed by atoms with Crippen LogP contribution in [-0.2, 0) is 10.1 Å². The molecule has 4 nitrogen and oxygen atoms in total. The van der Waals surface area contributed by atoms with Gasteiger partial charge in [0, 0.05) is 12.4 Å². The lowest BCUT2D eigenvalue weighted by atomic mass is 10.1. The molecule has 0 saturated heterocycles. The molecule has 1 rings (SSSR count). The highest BCUT2D eigenvalue weighted by Gasteiger charge is 2.52. The van der Waals surface area contributed by atoms with Crippen molar-refractivity contribution in [3.63, 3.8) is 0 Å². The van der Waals surface area contributed by atoms with Crippen LogP contribution in [-0.4, -0.2) is 29.4 Å². The summed E-state index contributed by atoms with van der Waals surface area (Å²) in [6.07, 6.45) is 1.51. The summed E-state index contributed by atoms with van der Waals surface area (Å²) < 4.78 is 66.0. The van der Waals surface area contributed by atoms with E-state index in [1.54, 1.807) is 19.3 Å². The number of alkyl halides is 3. The average Bonchev–Trinajstić information content (AvgIpc) is 2.40. The van der Waals surface area contributed by atoms with Crippen molar-refractivity contribution in [1.29, 1.82) is 0 Å². The molecule has 1 aromatic rings. The molecule has 0 spiro atoms. The van der Waals surface area contributed by atoms with Crippen molar-refractivity contribution in [2.45, 2.75) is 44.0 Å². The summed E-state index contributed by atoms with van der Waals surface area (Å²) in [6, 6.07) is 5.72. The van der Waals surface area contributed by atoms with E-state index in [9.17, 15) is 21.6 Å². The molecule has 1 N–H and O–H groups in total. The first-order chi connectivity index (χ1) is 9.23. The van der Waals surface area contributed by atoms with Gasteiger partial charge in [-0.15, -0.1) is 0 Å². The van der Waals surface area contributed by atoms with Gasteiger partial charge in [0.15, 0.2) is 6.17 Å². The topological polar surface area (TPSA) is 67.3 Å². The monoisotopic (exact) mass is 313 g/mol. The first kappa shape index (κ1) is 18.9. The van der Waals surface area contributed by atoms with Gasteiger partial charge in [0.2, 0.25) is 0 Å². The highest BCUT2D eigenvalue weighted by atomic mass is 32.2. The molecule has 0 fully saturated rings. The zero-order chi connectivity index (χ0) is 15.6. The average molecular weight is 313 g/mol. The highest BCUT2D eigenvalue weighted by Crippen LogP contribution is 2.30. The summed E-state index contributed by atoms with van der Waals surface area (Å²) in [5, 5.41) is -4.69. The second-order valence-electron chi connectivity index (χ2n) is 4.02. The largest absolute Gasteiger partial charge is 0.400 e. The first-order valence-electron chi connectivity index (χ1n) is 6.07. The minimum Gasteiger partial charge on any atom is -0.281 e. The molecular weight excluding hydrogens is 295 g/mol. The maximum Gasteiger partial charge on any atom is 0.400 e. The Labute approximate surface area is 116 Å². The van der Waals surface area contributed by atoms with E-state index in [0.717, 1.165) is 0 Å². The molecule has 8 heteroatoms. The third-order valence-corrected chi connectivity index (χ3v) is 3.28. The molecule has 1 atom stereocenters. The lowest BCUT2D eigenvalue weighted by Gasteiger charge is -2.16. The van der Waals surface area contributed by atoms with E-state index >= 15 is 0 Å². The summed E-state index contributed by atoms with van der Waals surface area (Å²) in [7, 11) is -5.65. The zero-order valence-corrected chi connectivity index (χ0v) is 11.9. The van der Waals surface area contributed by atoms with Crippen LogP contribution in [0, 0.1) is 0 Å². The molecular formula is C12H18F3NO3S. The van der Waals surface area contributed by atoms with E-state index < -0.39 is 28.0 Å². The predicted molar refractivity (Wildman–Crippen MR) is 69.8 cm³/mol. The molecule has 0 aliphatic rings. The molecule has 1 heterocycles. The molecule has 20 heavy (non-hydrogen) atoms. The quantitative estimate of drug-likeness (QED) is 0.645. The van der Waals surface area contributed by atoms with E-state index in [0.29, 0.717) is 12.8 Å². The van der Waals surface area contributed by atoms with Crippen LogP contribution in [0.4, 0.5) is 13.2 Å². The van der Waals surface area contributed by atoms with E-state index in [1.165, 1.54) is 0 Å². The Morgan fingerprint density at radius 3 is 2.05 bits per heavy atom. The Hall–Kier alpha value is -1.15. The summed E-state index contributed by atoms with van der Waals surface area (Å²) in [6.45, 7) is 1.80. The Bertz CT molecular complexity index is 428. The number of halogens is 3. The van der Waals surface area contributed by atoms with Crippen LogP contribution in [0.2, 0.25) is 0 Å². The van der Waals surface area contributed by atoms with Crippen molar-refractivity contribution in [1.82, 2.24) is 4.98 Å². The number of hydrogen-bond acceptors (Lipinski definition) is 3. The smallest absolute Gasteiger partial charge is 0.281 e. The lowest BCUT2D eigenvalue weighted by Crippen LogP contribution is -2.38. The van der Waals surface area contributed by atoms with Crippen LogP contribution in [0.3, 0.4) is 0 Å². The fourth-order valence-electron chi connectivity index (χ4n) is 1.22. The van der Waals surface area contributed by atoms with Gasteiger partial charge in [0.05, 0.1) is 0 Å². The molecule has 0 bridgehead atoms. The van der Waals surface area contributed by atoms with Gasteiger partial charge in [-0.05, 0) is 18.6 Å². The summed E-state index contributed by atoms with van der Waals surface area (Å²) in [5.74, 6) is 0. The zero-order valence-electron chi connectivity index (χ0n) is 11.0. The van der Waals surface area contributed by atoms with Crippen LogP contribution in [0.1, 0.15) is 32.6 Å². The number of hydrogen-bond donors (Lipinski definition) is 1. The van der Waals surface area contributed by atoms with Gasteiger partial charge in [-0.25, -0.2) is 4.39 Å². The standard InChI is InChI=1S/C7H13F3O3S.C5H5N/c1-2-3-4-5-6(8)7(9,10)14(11,12)13;1-2-4-6-5-3-1/h6H,2-5H2,1H3,(H,11,12,13);1-5H. The Morgan fingerprint density at radius 2 is 1.75 bits per heavy atom. The van der Waals surface area contributed by atoms with Crippen molar-refractivity contribution in [2.24, 2.45) is 0 Å². The van der Waals surface area contributed by atoms with Crippen molar-refractivity contribution in [3.05, 3.63) is 30.6 Å². The van der Waals surface area contributed by atoms with E-state index in [2.05, 4.69) is 4.98 Å². The van der Waals surface area contributed by atoms with Crippen molar-refractivity contribution >= 4 is 10.1 Å². The van der Waals surface area contributed by atoms with Crippen LogP contribution < -0.4 is 0 Å². The molecule has 116 valence electrons. The predicted octanol–water partition coefficient (Wildman–Crippen LogP) is 3.47. The van der Waals surface area contributed by atoms with Gasteiger partial charge < -0.3 is 0 Å². The molecule has 0 saturated carbocycles.